The Bertz CT molecular complexity index is 519. The fraction of sp³-hybridized carbons (Fsp3) is 0.429. The molecule has 19 heavy (non-hydrogen) atoms. The van der Waals surface area contributed by atoms with Crippen LogP contribution in [0.1, 0.15) is 25.2 Å². The zero-order valence-corrected chi connectivity index (χ0v) is 11.7. The molecule has 2 aromatic rings. The summed E-state index contributed by atoms with van der Waals surface area (Å²) in [5.74, 6) is 0.655. The van der Waals surface area contributed by atoms with Crippen molar-refractivity contribution in [3.63, 3.8) is 0 Å². The fourth-order valence-electron chi connectivity index (χ4n) is 1.93. The van der Waals surface area contributed by atoms with E-state index in [1.54, 1.807) is 6.20 Å². The monoisotopic (exact) mass is 260 g/mol. The van der Waals surface area contributed by atoms with Gasteiger partial charge in [0.05, 0.1) is 36.4 Å². The highest BCUT2D eigenvalue weighted by atomic mass is 16.5. The lowest BCUT2D eigenvalue weighted by molar-refractivity contribution is 0.327. The van der Waals surface area contributed by atoms with Crippen molar-refractivity contribution in [1.29, 1.82) is 0 Å². The van der Waals surface area contributed by atoms with Crippen LogP contribution in [0.25, 0.3) is 0 Å². The average molecular weight is 260 g/mol. The van der Waals surface area contributed by atoms with Crippen LogP contribution in [0.3, 0.4) is 0 Å². The lowest BCUT2D eigenvalue weighted by atomic mass is 10.3. The number of pyridine rings is 1. The van der Waals surface area contributed by atoms with Gasteiger partial charge in [-0.1, -0.05) is 0 Å². The molecule has 0 spiro atoms. The third kappa shape index (κ3) is 3.47. The molecule has 0 fully saturated rings. The molecule has 5 heteroatoms. The normalized spacial score (nSPS) is 10.5. The van der Waals surface area contributed by atoms with Crippen LogP contribution in [0, 0.1) is 6.92 Å². The number of hydrogen-bond acceptors (Lipinski definition) is 4. The van der Waals surface area contributed by atoms with Gasteiger partial charge in [0.25, 0.3) is 0 Å². The number of ether oxygens (including phenoxy) is 1. The van der Waals surface area contributed by atoms with Crippen molar-refractivity contribution in [3.8, 4) is 5.88 Å². The molecule has 0 aliphatic rings. The van der Waals surface area contributed by atoms with E-state index in [1.165, 1.54) is 5.69 Å². The minimum Gasteiger partial charge on any atom is -0.478 e. The van der Waals surface area contributed by atoms with E-state index in [9.17, 15) is 0 Å². The molecule has 0 bridgehead atoms. The van der Waals surface area contributed by atoms with Gasteiger partial charge in [-0.15, -0.1) is 0 Å². The number of rotatable bonds is 6. The van der Waals surface area contributed by atoms with Gasteiger partial charge in [0, 0.05) is 12.6 Å². The van der Waals surface area contributed by atoms with E-state index < -0.39 is 0 Å². The fourth-order valence-corrected chi connectivity index (χ4v) is 1.93. The van der Waals surface area contributed by atoms with Gasteiger partial charge in [0.2, 0.25) is 5.88 Å². The second kappa shape index (κ2) is 6.22. The summed E-state index contributed by atoms with van der Waals surface area (Å²) in [6, 6.07) is 5.93. The first-order chi connectivity index (χ1) is 9.22. The minimum atomic E-state index is 0.634. The van der Waals surface area contributed by atoms with Crippen LogP contribution < -0.4 is 10.1 Å². The van der Waals surface area contributed by atoms with Gasteiger partial charge in [-0.2, -0.15) is 5.10 Å². The summed E-state index contributed by atoms with van der Waals surface area (Å²) < 4.78 is 7.31. The molecule has 1 N–H and O–H groups in total. The largest absolute Gasteiger partial charge is 0.478 e. The maximum atomic E-state index is 5.31. The lowest BCUT2D eigenvalue weighted by Gasteiger charge is -2.08. The number of anilines is 1. The van der Waals surface area contributed by atoms with Gasteiger partial charge in [-0.25, -0.2) is 4.98 Å². The Labute approximate surface area is 113 Å². The number of aromatic nitrogens is 3. The van der Waals surface area contributed by atoms with Gasteiger partial charge >= 0.3 is 0 Å². The molecule has 0 atom stereocenters. The van der Waals surface area contributed by atoms with Crippen LogP contribution in [0.4, 0.5) is 5.69 Å². The smallest absolute Gasteiger partial charge is 0.213 e. The molecule has 0 saturated carbocycles. The molecule has 0 saturated heterocycles. The summed E-state index contributed by atoms with van der Waals surface area (Å²) in [5.41, 5.74) is 3.20. The summed E-state index contributed by atoms with van der Waals surface area (Å²) in [5, 5.41) is 7.76. The number of nitrogens with zero attached hydrogens (tertiary/aromatic N) is 3. The van der Waals surface area contributed by atoms with Crippen molar-refractivity contribution >= 4 is 5.69 Å². The van der Waals surface area contributed by atoms with E-state index >= 15 is 0 Å². The van der Waals surface area contributed by atoms with Crippen LogP contribution in [0.5, 0.6) is 5.88 Å². The Balaban J connectivity index is 1.97. The topological polar surface area (TPSA) is 52.0 Å². The zero-order valence-electron chi connectivity index (χ0n) is 11.7. The predicted molar refractivity (Wildman–Crippen MR) is 75.4 cm³/mol. The summed E-state index contributed by atoms with van der Waals surface area (Å²) in [7, 11) is 0. The Kier molecular flexibility index (Phi) is 4.39. The van der Waals surface area contributed by atoms with Crippen LogP contribution in [-0.4, -0.2) is 21.4 Å². The highest BCUT2D eigenvalue weighted by Crippen LogP contribution is 2.13. The first-order valence-corrected chi connectivity index (χ1v) is 6.59. The second-order valence-corrected chi connectivity index (χ2v) is 4.26. The number of aryl methyl sites for hydroxylation is 2. The Morgan fingerprint density at radius 2 is 2.16 bits per heavy atom. The zero-order chi connectivity index (χ0) is 13.7. The summed E-state index contributed by atoms with van der Waals surface area (Å²) in [6.07, 6.45) is 1.78. The molecule has 5 nitrogen and oxygen atoms in total. The molecule has 2 aromatic heterocycles. The van der Waals surface area contributed by atoms with Gasteiger partial charge in [0.15, 0.2) is 0 Å². The number of hydrogen-bond donors (Lipinski definition) is 1. The number of nitrogens with one attached hydrogen (secondary N) is 1. The average Bonchev–Trinajstić information content (AvgIpc) is 2.79. The van der Waals surface area contributed by atoms with E-state index in [2.05, 4.69) is 28.4 Å². The third-order valence-electron chi connectivity index (χ3n) is 2.79. The molecule has 2 rings (SSSR count). The molecule has 0 aromatic carbocycles. The van der Waals surface area contributed by atoms with Crippen LogP contribution in [-0.2, 0) is 13.1 Å². The van der Waals surface area contributed by atoms with E-state index in [-0.39, 0.29) is 0 Å². The highest BCUT2D eigenvalue weighted by Gasteiger charge is 2.04. The third-order valence-corrected chi connectivity index (χ3v) is 2.79. The van der Waals surface area contributed by atoms with E-state index in [4.69, 9.17) is 4.74 Å². The van der Waals surface area contributed by atoms with Crippen molar-refractivity contribution in [2.75, 3.05) is 11.9 Å². The first-order valence-electron chi connectivity index (χ1n) is 6.59. The second-order valence-electron chi connectivity index (χ2n) is 4.26. The van der Waals surface area contributed by atoms with Gasteiger partial charge in [0.1, 0.15) is 0 Å². The van der Waals surface area contributed by atoms with Crippen LogP contribution >= 0.6 is 0 Å². The minimum absolute atomic E-state index is 0.634. The van der Waals surface area contributed by atoms with Crippen LogP contribution in [0.15, 0.2) is 24.4 Å². The Morgan fingerprint density at radius 1 is 1.32 bits per heavy atom. The quantitative estimate of drug-likeness (QED) is 0.867. The highest BCUT2D eigenvalue weighted by molar-refractivity contribution is 5.42. The summed E-state index contributed by atoms with van der Waals surface area (Å²) in [6.45, 7) is 8.30. The van der Waals surface area contributed by atoms with Crippen LogP contribution in [0.2, 0.25) is 0 Å². The van der Waals surface area contributed by atoms with Crippen molar-refractivity contribution in [3.05, 3.63) is 35.8 Å². The van der Waals surface area contributed by atoms with E-state index in [0.29, 0.717) is 12.5 Å². The molecule has 0 aliphatic heterocycles. The van der Waals surface area contributed by atoms with Crippen molar-refractivity contribution in [2.24, 2.45) is 0 Å². The van der Waals surface area contributed by atoms with E-state index in [0.717, 1.165) is 24.5 Å². The Morgan fingerprint density at radius 3 is 2.79 bits per heavy atom. The molecule has 0 radical (unpaired) electrons. The first kappa shape index (κ1) is 13.4. The molecule has 102 valence electrons. The van der Waals surface area contributed by atoms with Crippen molar-refractivity contribution < 1.29 is 4.74 Å². The summed E-state index contributed by atoms with van der Waals surface area (Å²) in [4.78, 5) is 4.22. The molecular weight excluding hydrogens is 240 g/mol. The lowest BCUT2D eigenvalue weighted by Crippen LogP contribution is -2.08. The van der Waals surface area contributed by atoms with Crippen molar-refractivity contribution in [2.45, 2.75) is 33.9 Å². The SMILES string of the molecule is CCOc1ccc(NCc2cc(C)nn2CC)cn1. The molecule has 0 aliphatic carbocycles. The molecule has 0 unspecified atom stereocenters. The molecular formula is C14H20N4O. The summed E-state index contributed by atoms with van der Waals surface area (Å²) >= 11 is 0. The van der Waals surface area contributed by atoms with Gasteiger partial charge in [-0.05, 0) is 32.9 Å². The van der Waals surface area contributed by atoms with Gasteiger partial charge in [-0.3, -0.25) is 4.68 Å². The molecule has 2 heterocycles. The molecule has 0 amide bonds. The maximum absolute atomic E-state index is 5.31. The Hall–Kier alpha value is -2.04. The van der Waals surface area contributed by atoms with Crippen molar-refractivity contribution in [1.82, 2.24) is 14.8 Å². The predicted octanol–water partition coefficient (Wildman–Crippen LogP) is 2.62. The standard InChI is InChI=1S/C14H20N4O/c1-4-18-13(8-11(3)17-18)10-15-12-6-7-14(16-9-12)19-5-2/h6-9,15H,4-5,10H2,1-3H3. The van der Waals surface area contributed by atoms with E-state index in [1.807, 2.05) is 30.7 Å². The van der Waals surface area contributed by atoms with Gasteiger partial charge < -0.3 is 10.1 Å². The maximum Gasteiger partial charge on any atom is 0.213 e.